The largest absolute Gasteiger partial charge is 0.289 e. The van der Waals surface area contributed by atoms with Crippen molar-refractivity contribution in [1.29, 1.82) is 0 Å². The number of benzene rings is 1. The summed E-state index contributed by atoms with van der Waals surface area (Å²) < 4.78 is 0. The molecule has 1 saturated carbocycles. The zero-order valence-corrected chi connectivity index (χ0v) is 11.8. The Kier molecular flexibility index (Phi) is 3.64. The molecule has 2 heteroatoms. The number of aryl methyl sites for hydroxylation is 1. The van der Waals surface area contributed by atoms with E-state index in [1.807, 2.05) is 25.1 Å². The summed E-state index contributed by atoms with van der Waals surface area (Å²) >= 11 is 0. The van der Waals surface area contributed by atoms with Gasteiger partial charge in [0, 0.05) is 23.5 Å². The maximum absolute atomic E-state index is 12.6. The van der Waals surface area contributed by atoms with Crippen molar-refractivity contribution < 1.29 is 4.79 Å². The Morgan fingerprint density at radius 1 is 1.20 bits per heavy atom. The predicted octanol–water partition coefficient (Wildman–Crippen LogP) is 4.14. The Hall–Kier alpha value is -1.96. The standard InChI is InChI=1S/C18H19NO/c1-2-13-12-19-11-10-17(13)18(20)16-8-6-15(7-9-16)14-4-3-5-14/h6-12,14H,2-5H2,1H3. The van der Waals surface area contributed by atoms with E-state index in [0.717, 1.165) is 23.1 Å². The van der Waals surface area contributed by atoms with Gasteiger partial charge >= 0.3 is 0 Å². The lowest BCUT2D eigenvalue weighted by atomic mass is 9.80. The van der Waals surface area contributed by atoms with Crippen molar-refractivity contribution in [1.82, 2.24) is 4.98 Å². The first-order valence-electron chi connectivity index (χ1n) is 7.37. The Bertz CT molecular complexity index is 612. The molecule has 2 nitrogen and oxygen atoms in total. The Balaban J connectivity index is 1.86. The molecule has 20 heavy (non-hydrogen) atoms. The van der Waals surface area contributed by atoms with Gasteiger partial charge in [0.1, 0.15) is 0 Å². The van der Waals surface area contributed by atoms with Crippen LogP contribution in [-0.2, 0) is 6.42 Å². The van der Waals surface area contributed by atoms with Gasteiger partial charge in [0.25, 0.3) is 0 Å². The van der Waals surface area contributed by atoms with Gasteiger partial charge in [-0.25, -0.2) is 0 Å². The lowest BCUT2D eigenvalue weighted by molar-refractivity contribution is 0.103. The van der Waals surface area contributed by atoms with E-state index in [0.29, 0.717) is 5.92 Å². The number of hydrogen-bond acceptors (Lipinski definition) is 2. The van der Waals surface area contributed by atoms with Crippen LogP contribution in [0.25, 0.3) is 0 Å². The molecule has 0 aliphatic heterocycles. The van der Waals surface area contributed by atoms with Gasteiger partial charge in [0.2, 0.25) is 0 Å². The number of aromatic nitrogens is 1. The summed E-state index contributed by atoms with van der Waals surface area (Å²) in [6, 6.07) is 9.99. The van der Waals surface area contributed by atoms with Crippen molar-refractivity contribution in [3.8, 4) is 0 Å². The van der Waals surface area contributed by atoms with Crippen molar-refractivity contribution in [2.45, 2.75) is 38.5 Å². The van der Waals surface area contributed by atoms with Crippen LogP contribution in [0, 0.1) is 0 Å². The third kappa shape index (κ3) is 2.38. The van der Waals surface area contributed by atoms with Crippen molar-refractivity contribution in [2.24, 2.45) is 0 Å². The molecule has 1 heterocycles. The van der Waals surface area contributed by atoms with Crippen LogP contribution >= 0.6 is 0 Å². The topological polar surface area (TPSA) is 30.0 Å². The van der Waals surface area contributed by atoms with Crippen LogP contribution in [0.5, 0.6) is 0 Å². The normalized spacial score (nSPS) is 14.8. The summed E-state index contributed by atoms with van der Waals surface area (Å²) in [7, 11) is 0. The van der Waals surface area contributed by atoms with Crippen LogP contribution in [0.3, 0.4) is 0 Å². The molecule has 0 unspecified atom stereocenters. The molecule has 0 atom stereocenters. The minimum atomic E-state index is 0.101. The SMILES string of the molecule is CCc1cnccc1C(=O)c1ccc(C2CCC2)cc1. The van der Waals surface area contributed by atoms with E-state index in [2.05, 4.69) is 17.1 Å². The smallest absolute Gasteiger partial charge is 0.193 e. The molecule has 1 fully saturated rings. The molecule has 0 saturated heterocycles. The Morgan fingerprint density at radius 2 is 1.95 bits per heavy atom. The lowest BCUT2D eigenvalue weighted by Gasteiger charge is -2.25. The molecule has 0 bridgehead atoms. The van der Waals surface area contributed by atoms with E-state index >= 15 is 0 Å². The van der Waals surface area contributed by atoms with Crippen molar-refractivity contribution in [2.75, 3.05) is 0 Å². The monoisotopic (exact) mass is 265 g/mol. The molecule has 0 spiro atoms. The molecular weight excluding hydrogens is 246 g/mol. The quantitative estimate of drug-likeness (QED) is 0.778. The number of nitrogens with zero attached hydrogens (tertiary/aromatic N) is 1. The van der Waals surface area contributed by atoms with Crippen LogP contribution in [0.15, 0.2) is 42.7 Å². The number of pyridine rings is 1. The first-order chi connectivity index (χ1) is 9.79. The van der Waals surface area contributed by atoms with E-state index in [-0.39, 0.29) is 5.78 Å². The minimum Gasteiger partial charge on any atom is -0.289 e. The van der Waals surface area contributed by atoms with E-state index < -0.39 is 0 Å². The van der Waals surface area contributed by atoms with Gasteiger partial charge in [0.05, 0.1) is 0 Å². The zero-order chi connectivity index (χ0) is 13.9. The molecule has 0 N–H and O–H groups in total. The van der Waals surface area contributed by atoms with Gasteiger partial charge in [-0.1, -0.05) is 37.6 Å². The Morgan fingerprint density at radius 3 is 2.55 bits per heavy atom. The summed E-state index contributed by atoms with van der Waals surface area (Å²) in [5, 5.41) is 0. The lowest BCUT2D eigenvalue weighted by Crippen LogP contribution is -2.09. The first-order valence-corrected chi connectivity index (χ1v) is 7.37. The molecule has 3 rings (SSSR count). The number of ketones is 1. The van der Waals surface area contributed by atoms with E-state index in [1.54, 1.807) is 12.4 Å². The zero-order valence-electron chi connectivity index (χ0n) is 11.8. The summed E-state index contributed by atoms with van der Waals surface area (Å²) in [5.41, 5.74) is 3.94. The molecule has 0 amide bonds. The second-order valence-electron chi connectivity index (χ2n) is 5.47. The second kappa shape index (κ2) is 5.58. The van der Waals surface area contributed by atoms with Crippen molar-refractivity contribution >= 4 is 5.78 Å². The van der Waals surface area contributed by atoms with Crippen molar-refractivity contribution in [3.05, 3.63) is 65.0 Å². The highest BCUT2D eigenvalue weighted by atomic mass is 16.1. The molecule has 102 valence electrons. The maximum atomic E-state index is 12.6. The molecule has 1 aromatic carbocycles. The average molecular weight is 265 g/mol. The van der Waals surface area contributed by atoms with Gasteiger partial charge in [-0.15, -0.1) is 0 Å². The van der Waals surface area contributed by atoms with Crippen LogP contribution in [0.2, 0.25) is 0 Å². The highest BCUT2D eigenvalue weighted by molar-refractivity contribution is 6.09. The van der Waals surface area contributed by atoms with E-state index in [1.165, 1.54) is 24.8 Å². The molecule has 2 aromatic rings. The Labute approximate surface area is 119 Å². The third-order valence-electron chi connectivity index (χ3n) is 4.28. The van der Waals surface area contributed by atoms with Gasteiger partial charge in [-0.2, -0.15) is 0 Å². The van der Waals surface area contributed by atoms with Gasteiger partial charge in [-0.3, -0.25) is 9.78 Å². The number of carbonyl (C=O) groups excluding carboxylic acids is 1. The summed E-state index contributed by atoms with van der Waals surface area (Å²) in [6.07, 6.45) is 8.22. The third-order valence-corrected chi connectivity index (χ3v) is 4.28. The number of carbonyl (C=O) groups is 1. The highest BCUT2D eigenvalue weighted by Crippen LogP contribution is 2.36. The summed E-state index contributed by atoms with van der Waals surface area (Å²) in [6.45, 7) is 2.05. The number of hydrogen-bond donors (Lipinski definition) is 0. The van der Waals surface area contributed by atoms with Gasteiger partial charge in [0.15, 0.2) is 5.78 Å². The summed E-state index contributed by atoms with van der Waals surface area (Å²) in [4.78, 5) is 16.7. The second-order valence-corrected chi connectivity index (χ2v) is 5.47. The van der Waals surface area contributed by atoms with Crippen LogP contribution < -0.4 is 0 Å². The molecule has 1 aliphatic carbocycles. The summed E-state index contributed by atoms with van der Waals surface area (Å²) in [5.74, 6) is 0.815. The molecular formula is C18H19NO. The fraction of sp³-hybridized carbons (Fsp3) is 0.333. The van der Waals surface area contributed by atoms with Crippen LogP contribution in [0.4, 0.5) is 0 Å². The highest BCUT2D eigenvalue weighted by Gasteiger charge is 2.20. The van der Waals surface area contributed by atoms with Crippen LogP contribution in [0.1, 0.15) is 59.2 Å². The molecule has 0 radical (unpaired) electrons. The van der Waals surface area contributed by atoms with Crippen LogP contribution in [-0.4, -0.2) is 10.8 Å². The maximum Gasteiger partial charge on any atom is 0.193 e. The fourth-order valence-electron chi connectivity index (χ4n) is 2.73. The molecule has 1 aromatic heterocycles. The van der Waals surface area contributed by atoms with Gasteiger partial charge < -0.3 is 0 Å². The fourth-order valence-corrected chi connectivity index (χ4v) is 2.73. The van der Waals surface area contributed by atoms with Gasteiger partial charge in [-0.05, 0) is 42.4 Å². The van der Waals surface area contributed by atoms with Crippen molar-refractivity contribution in [3.63, 3.8) is 0 Å². The number of rotatable bonds is 4. The van der Waals surface area contributed by atoms with E-state index in [9.17, 15) is 4.79 Å². The van der Waals surface area contributed by atoms with E-state index in [4.69, 9.17) is 0 Å². The molecule has 1 aliphatic rings. The average Bonchev–Trinajstić information content (AvgIpc) is 2.45. The first kappa shape index (κ1) is 13.0. The predicted molar refractivity (Wildman–Crippen MR) is 80.1 cm³/mol. The minimum absolute atomic E-state index is 0.101.